The molecule has 0 aliphatic heterocycles. The molecule has 0 saturated heterocycles. The van der Waals surface area contributed by atoms with Gasteiger partial charge in [0.25, 0.3) is 0 Å². The molecule has 0 bridgehead atoms. The van der Waals surface area contributed by atoms with Crippen molar-refractivity contribution in [2.24, 2.45) is 0 Å². The van der Waals surface area contributed by atoms with Gasteiger partial charge in [-0.05, 0) is 94.1 Å². The predicted octanol–water partition coefficient (Wildman–Crippen LogP) is 5.84. The molecule has 0 amide bonds. The van der Waals surface area contributed by atoms with E-state index in [1.165, 1.54) is 0 Å². The fourth-order valence-corrected chi connectivity index (χ4v) is 5.29. The summed E-state index contributed by atoms with van der Waals surface area (Å²) in [7, 11) is 0. The summed E-state index contributed by atoms with van der Waals surface area (Å²) in [6, 6.07) is 16.5. The molecule has 1 atom stereocenters. The number of hydrogen-bond acceptors (Lipinski definition) is 8. The van der Waals surface area contributed by atoms with E-state index >= 15 is 0 Å². The highest BCUT2D eigenvalue weighted by molar-refractivity contribution is 7.97. The Kier molecular flexibility index (Phi) is 7.86. The Morgan fingerprint density at radius 2 is 1.82 bits per heavy atom. The third-order valence-electron chi connectivity index (χ3n) is 6.60. The van der Waals surface area contributed by atoms with Gasteiger partial charge in [-0.15, -0.1) is 0 Å². The van der Waals surface area contributed by atoms with Crippen molar-refractivity contribution in [2.75, 3.05) is 11.9 Å². The number of anilines is 2. The number of nitrogens with zero attached hydrogens (tertiary/aromatic N) is 4. The standard InChI is InChI=1S/C30H34N6O2S/c1-19(12-14-37)35-39-23-7-5-22(6-8-23)34-28-15-25-21(16-32-28)11-13-31-29(25)24-9-10-27-26(20(24)2)17-33-36(27)18-30(3,4)38/h5-11,13,15-17,19,35,37-38H,12,14,18H2,1-4H3,(H,32,34). The first-order valence-electron chi connectivity index (χ1n) is 13.0. The molecule has 0 saturated carbocycles. The summed E-state index contributed by atoms with van der Waals surface area (Å²) >= 11 is 1.56. The van der Waals surface area contributed by atoms with Gasteiger partial charge in [-0.1, -0.05) is 6.07 Å². The molecule has 0 aliphatic carbocycles. The van der Waals surface area contributed by atoms with Gasteiger partial charge in [0.15, 0.2) is 0 Å². The second kappa shape index (κ2) is 11.3. The first-order chi connectivity index (χ1) is 18.7. The van der Waals surface area contributed by atoms with Crippen LogP contribution in [0.25, 0.3) is 32.9 Å². The molecule has 1 unspecified atom stereocenters. The Bertz CT molecular complexity index is 1590. The molecule has 3 heterocycles. The minimum atomic E-state index is -0.853. The third-order valence-corrected chi connectivity index (χ3v) is 7.63. The van der Waals surface area contributed by atoms with Gasteiger partial charge in [-0.2, -0.15) is 5.10 Å². The smallest absolute Gasteiger partial charge is 0.130 e. The van der Waals surface area contributed by atoms with Gasteiger partial charge in [0.05, 0.1) is 29.6 Å². The molecular weight excluding hydrogens is 508 g/mol. The number of rotatable bonds is 10. The first kappa shape index (κ1) is 27.1. The van der Waals surface area contributed by atoms with E-state index in [-0.39, 0.29) is 12.6 Å². The minimum absolute atomic E-state index is 0.176. The van der Waals surface area contributed by atoms with Crippen molar-refractivity contribution in [2.45, 2.75) is 57.2 Å². The summed E-state index contributed by atoms with van der Waals surface area (Å²) in [4.78, 5) is 10.5. The van der Waals surface area contributed by atoms with E-state index in [9.17, 15) is 5.11 Å². The van der Waals surface area contributed by atoms with Crippen LogP contribution < -0.4 is 10.0 Å². The SMILES string of the molecule is Cc1c(-c2nccc3cnc(Nc4ccc(SNC(C)CCO)cc4)cc23)ccc2c1cnn2CC(C)(C)O. The van der Waals surface area contributed by atoms with Gasteiger partial charge in [-0.25, -0.2) is 4.98 Å². The number of aliphatic hydroxyl groups is 2. The number of pyridine rings is 2. The molecule has 202 valence electrons. The molecule has 0 spiro atoms. The first-order valence-corrected chi connectivity index (χ1v) is 13.9. The van der Waals surface area contributed by atoms with Gasteiger partial charge >= 0.3 is 0 Å². The zero-order valence-corrected chi connectivity index (χ0v) is 23.5. The maximum atomic E-state index is 10.3. The van der Waals surface area contributed by atoms with E-state index < -0.39 is 5.60 Å². The lowest BCUT2D eigenvalue weighted by atomic mass is 9.98. The fourth-order valence-electron chi connectivity index (χ4n) is 4.56. The lowest BCUT2D eigenvalue weighted by molar-refractivity contribution is 0.0591. The van der Waals surface area contributed by atoms with E-state index in [1.807, 2.05) is 47.5 Å². The summed E-state index contributed by atoms with van der Waals surface area (Å²) in [6.07, 6.45) is 6.27. The minimum Gasteiger partial charge on any atom is -0.396 e. The lowest BCUT2D eigenvalue weighted by Crippen LogP contribution is -2.26. The molecule has 2 aromatic carbocycles. The zero-order valence-electron chi connectivity index (χ0n) is 22.6. The van der Waals surface area contributed by atoms with Crippen molar-refractivity contribution >= 4 is 45.1 Å². The fraction of sp³-hybridized carbons (Fsp3) is 0.300. The van der Waals surface area contributed by atoms with E-state index in [1.54, 1.807) is 25.8 Å². The second-order valence-electron chi connectivity index (χ2n) is 10.5. The molecule has 0 aliphatic rings. The van der Waals surface area contributed by atoms with Crippen LogP contribution in [0.4, 0.5) is 11.5 Å². The molecular formula is C30H34N6O2S. The largest absolute Gasteiger partial charge is 0.396 e. The van der Waals surface area contributed by atoms with Gasteiger partial charge in [0, 0.05) is 57.3 Å². The van der Waals surface area contributed by atoms with Crippen molar-refractivity contribution in [3.8, 4) is 11.3 Å². The van der Waals surface area contributed by atoms with Crippen molar-refractivity contribution in [1.29, 1.82) is 0 Å². The average Bonchev–Trinajstić information content (AvgIpc) is 3.30. The molecule has 39 heavy (non-hydrogen) atoms. The molecule has 5 rings (SSSR count). The van der Waals surface area contributed by atoms with E-state index in [4.69, 9.17) is 10.1 Å². The molecule has 0 radical (unpaired) electrons. The number of aliphatic hydroxyl groups excluding tert-OH is 1. The van der Waals surface area contributed by atoms with E-state index in [0.717, 1.165) is 61.3 Å². The highest BCUT2D eigenvalue weighted by Gasteiger charge is 2.18. The number of aromatic nitrogens is 4. The number of hydrogen-bond donors (Lipinski definition) is 4. The van der Waals surface area contributed by atoms with Gasteiger partial charge in [0.1, 0.15) is 5.82 Å². The maximum absolute atomic E-state index is 10.3. The summed E-state index contributed by atoms with van der Waals surface area (Å²) in [5.74, 6) is 0.739. The summed E-state index contributed by atoms with van der Waals surface area (Å²) in [5, 5.41) is 30.4. The Morgan fingerprint density at radius 1 is 1.03 bits per heavy atom. The van der Waals surface area contributed by atoms with Crippen LogP contribution in [0.2, 0.25) is 0 Å². The van der Waals surface area contributed by atoms with Gasteiger partial charge in [-0.3, -0.25) is 14.4 Å². The molecule has 9 heteroatoms. The Hall–Kier alpha value is -3.50. The van der Waals surface area contributed by atoms with Crippen LogP contribution in [0.3, 0.4) is 0 Å². The van der Waals surface area contributed by atoms with Crippen LogP contribution in [0.15, 0.2) is 72.0 Å². The maximum Gasteiger partial charge on any atom is 0.130 e. The van der Waals surface area contributed by atoms with Crippen LogP contribution in [-0.2, 0) is 6.54 Å². The second-order valence-corrected chi connectivity index (χ2v) is 11.4. The molecule has 4 N–H and O–H groups in total. The Morgan fingerprint density at radius 3 is 2.56 bits per heavy atom. The monoisotopic (exact) mass is 542 g/mol. The number of benzene rings is 2. The average molecular weight is 543 g/mol. The molecule has 5 aromatic rings. The van der Waals surface area contributed by atoms with Crippen molar-refractivity contribution in [3.63, 3.8) is 0 Å². The van der Waals surface area contributed by atoms with Crippen LogP contribution >= 0.6 is 11.9 Å². The van der Waals surface area contributed by atoms with Crippen LogP contribution in [0, 0.1) is 6.92 Å². The summed E-state index contributed by atoms with van der Waals surface area (Å²) in [6.45, 7) is 8.31. The Balaban J connectivity index is 1.41. The number of fused-ring (bicyclic) bond motifs is 2. The van der Waals surface area contributed by atoms with Crippen LogP contribution in [-0.4, -0.2) is 48.2 Å². The molecule has 8 nitrogen and oxygen atoms in total. The number of nitrogens with one attached hydrogen (secondary N) is 2. The summed E-state index contributed by atoms with van der Waals surface area (Å²) in [5.41, 5.74) is 4.10. The molecule has 3 aromatic heterocycles. The van der Waals surface area contributed by atoms with Gasteiger partial charge in [0.2, 0.25) is 0 Å². The molecule has 0 fully saturated rings. The van der Waals surface area contributed by atoms with E-state index in [0.29, 0.717) is 6.54 Å². The Labute approximate surface area is 232 Å². The van der Waals surface area contributed by atoms with Gasteiger partial charge < -0.3 is 15.5 Å². The third kappa shape index (κ3) is 6.23. The highest BCUT2D eigenvalue weighted by Crippen LogP contribution is 2.34. The van der Waals surface area contributed by atoms with Crippen LogP contribution in [0.1, 0.15) is 32.8 Å². The zero-order chi connectivity index (χ0) is 27.6. The topological polar surface area (TPSA) is 108 Å². The lowest BCUT2D eigenvalue weighted by Gasteiger charge is -2.18. The predicted molar refractivity (Wildman–Crippen MR) is 159 cm³/mol. The van der Waals surface area contributed by atoms with Crippen molar-refractivity contribution in [3.05, 3.63) is 72.7 Å². The summed E-state index contributed by atoms with van der Waals surface area (Å²) < 4.78 is 5.19. The normalized spacial score (nSPS) is 12.8. The highest BCUT2D eigenvalue weighted by atomic mass is 32.2. The number of aryl methyl sites for hydroxylation is 1. The van der Waals surface area contributed by atoms with Crippen molar-refractivity contribution in [1.82, 2.24) is 24.5 Å². The quantitative estimate of drug-likeness (QED) is 0.163. The van der Waals surface area contributed by atoms with Crippen LogP contribution in [0.5, 0.6) is 0 Å². The van der Waals surface area contributed by atoms with E-state index in [2.05, 4.69) is 58.2 Å². The van der Waals surface area contributed by atoms with Crippen molar-refractivity contribution < 1.29 is 10.2 Å².